The number of benzene rings is 4. The van der Waals surface area contributed by atoms with Gasteiger partial charge >= 0.3 is 0 Å². The Morgan fingerprint density at radius 1 is 0.821 bits per heavy atom. The van der Waals surface area contributed by atoms with Crippen LogP contribution in [0.4, 0.5) is 0 Å². The Hall–Kier alpha value is -2.89. The second-order valence-electron chi connectivity index (χ2n) is 10.4. The van der Waals surface area contributed by atoms with Gasteiger partial charge in [0.05, 0.1) is 32.5 Å². The molecular weight excluding hydrogens is 506 g/mol. The number of nitrogens with one attached hydrogen (secondary N) is 1. The summed E-state index contributed by atoms with van der Waals surface area (Å²) >= 11 is 0. The first-order valence-electron chi connectivity index (χ1n) is 13.8. The quantitative estimate of drug-likeness (QED) is 0.198. The van der Waals surface area contributed by atoms with Crippen molar-refractivity contribution in [3.8, 4) is 5.75 Å². The summed E-state index contributed by atoms with van der Waals surface area (Å²) in [5, 5.41) is 6.04. The average molecular weight is 546 g/mol. The predicted octanol–water partition coefficient (Wildman–Crippen LogP) is 7.53. The van der Waals surface area contributed by atoms with E-state index in [1.807, 2.05) is 0 Å². The highest BCUT2D eigenvalue weighted by Gasteiger charge is 2.27. The molecule has 2 atom stereocenters. The Kier molecular flexibility index (Phi) is 10.8. The average Bonchev–Trinajstić information content (AvgIpc) is 2.96. The molecule has 4 aromatic rings. The lowest BCUT2D eigenvalue weighted by atomic mass is 9.87. The first-order chi connectivity index (χ1) is 18.7. The molecule has 39 heavy (non-hydrogen) atoms. The number of rotatable bonds is 11. The van der Waals surface area contributed by atoms with E-state index < -0.39 is 0 Å². The molecule has 1 fully saturated rings. The maximum atomic E-state index is 6.46. The molecule has 2 unspecified atom stereocenters. The van der Waals surface area contributed by atoms with Gasteiger partial charge in [-0.1, -0.05) is 72.3 Å². The fourth-order valence-electron chi connectivity index (χ4n) is 5.22. The van der Waals surface area contributed by atoms with Gasteiger partial charge < -0.3 is 19.5 Å². The predicted molar refractivity (Wildman–Crippen MR) is 162 cm³/mol. The van der Waals surface area contributed by atoms with E-state index in [-0.39, 0.29) is 18.5 Å². The number of hydrogen-bond donors (Lipinski definition) is 1. The number of piperidine rings is 1. The van der Waals surface area contributed by atoms with Crippen molar-refractivity contribution in [2.75, 3.05) is 26.3 Å². The molecule has 0 aliphatic carbocycles. The zero-order chi connectivity index (χ0) is 26.2. The SMILES string of the molecule is Cc1ccc(C)c(COCCCOc2ccc(C3CCNCC3OCc3ccc4ccccc4c3)cc2)c1.Cl. The first-order valence-corrected chi connectivity index (χ1v) is 13.8. The van der Waals surface area contributed by atoms with Crippen LogP contribution in [-0.4, -0.2) is 32.4 Å². The minimum atomic E-state index is 0. The van der Waals surface area contributed by atoms with Crippen LogP contribution >= 0.6 is 12.4 Å². The zero-order valence-corrected chi connectivity index (χ0v) is 23.8. The van der Waals surface area contributed by atoms with Crippen molar-refractivity contribution in [1.82, 2.24) is 5.32 Å². The zero-order valence-electron chi connectivity index (χ0n) is 23.0. The van der Waals surface area contributed by atoms with Crippen LogP contribution in [0.25, 0.3) is 10.8 Å². The number of hydrogen-bond acceptors (Lipinski definition) is 4. The van der Waals surface area contributed by atoms with E-state index in [9.17, 15) is 0 Å². The first kappa shape index (κ1) is 29.1. The van der Waals surface area contributed by atoms with Gasteiger partial charge in [-0.05, 0) is 78.0 Å². The minimum Gasteiger partial charge on any atom is -0.494 e. The summed E-state index contributed by atoms with van der Waals surface area (Å²) in [7, 11) is 0. The lowest BCUT2D eigenvalue weighted by Crippen LogP contribution is -2.40. The molecule has 1 aliphatic rings. The maximum absolute atomic E-state index is 6.46. The summed E-state index contributed by atoms with van der Waals surface area (Å²) < 4.78 is 18.3. The van der Waals surface area contributed by atoms with E-state index >= 15 is 0 Å². The van der Waals surface area contributed by atoms with Crippen LogP contribution in [0.2, 0.25) is 0 Å². The molecule has 206 valence electrons. The molecule has 4 nitrogen and oxygen atoms in total. The summed E-state index contributed by atoms with van der Waals surface area (Å²) in [5.74, 6) is 1.29. The molecule has 1 aliphatic heterocycles. The van der Waals surface area contributed by atoms with E-state index in [2.05, 4.69) is 104 Å². The van der Waals surface area contributed by atoms with Crippen molar-refractivity contribution in [3.63, 3.8) is 0 Å². The van der Waals surface area contributed by atoms with E-state index in [1.54, 1.807) is 0 Å². The van der Waals surface area contributed by atoms with Crippen LogP contribution in [0.5, 0.6) is 5.75 Å². The van der Waals surface area contributed by atoms with Gasteiger partial charge in [0.25, 0.3) is 0 Å². The van der Waals surface area contributed by atoms with Gasteiger partial charge in [0, 0.05) is 18.9 Å². The Balaban J connectivity index is 0.00000353. The molecule has 5 rings (SSSR count). The van der Waals surface area contributed by atoms with Gasteiger partial charge in [-0.25, -0.2) is 0 Å². The Bertz CT molecular complexity index is 1320. The second kappa shape index (κ2) is 14.5. The Labute approximate surface area is 239 Å². The molecular formula is C34H40ClNO3. The van der Waals surface area contributed by atoms with E-state index in [0.717, 1.165) is 31.7 Å². The van der Waals surface area contributed by atoms with Gasteiger partial charge in [-0.15, -0.1) is 12.4 Å². The largest absolute Gasteiger partial charge is 0.494 e. The van der Waals surface area contributed by atoms with Crippen LogP contribution in [0.15, 0.2) is 84.9 Å². The molecule has 0 spiro atoms. The Morgan fingerprint density at radius 2 is 1.64 bits per heavy atom. The normalized spacial score (nSPS) is 17.1. The number of halogens is 1. The van der Waals surface area contributed by atoms with Gasteiger partial charge in [0.15, 0.2) is 0 Å². The summed E-state index contributed by atoms with van der Waals surface area (Å²) in [5.41, 5.74) is 6.35. The van der Waals surface area contributed by atoms with Crippen molar-refractivity contribution in [2.45, 2.75) is 51.9 Å². The molecule has 0 saturated carbocycles. The Morgan fingerprint density at radius 3 is 2.49 bits per heavy atom. The van der Waals surface area contributed by atoms with Crippen LogP contribution in [0.3, 0.4) is 0 Å². The minimum absolute atomic E-state index is 0. The molecule has 0 bridgehead atoms. The third-order valence-electron chi connectivity index (χ3n) is 7.48. The third-order valence-corrected chi connectivity index (χ3v) is 7.48. The lowest BCUT2D eigenvalue weighted by Gasteiger charge is -2.32. The third kappa shape index (κ3) is 8.06. The fraction of sp³-hybridized carbons (Fsp3) is 0.353. The van der Waals surface area contributed by atoms with Gasteiger partial charge in [-0.2, -0.15) is 0 Å². The summed E-state index contributed by atoms with van der Waals surface area (Å²) in [4.78, 5) is 0. The topological polar surface area (TPSA) is 39.7 Å². The lowest BCUT2D eigenvalue weighted by molar-refractivity contribution is 0.0106. The van der Waals surface area contributed by atoms with E-state index in [0.29, 0.717) is 32.3 Å². The van der Waals surface area contributed by atoms with Gasteiger partial charge in [-0.3, -0.25) is 0 Å². The van der Waals surface area contributed by atoms with Crippen LogP contribution < -0.4 is 10.1 Å². The van der Waals surface area contributed by atoms with Gasteiger partial charge in [0.1, 0.15) is 5.75 Å². The van der Waals surface area contributed by atoms with Gasteiger partial charge in [0.2, 0.25) is 0 Å². The fourth-order valence-corrected chi connectivity index (χ4v) is 5.22. The van der Waals surface area contributed by atoms with Crippen LogP contribution in [-0.2, 0) is 22.7 Å². The molecule has 0 aromatic heterocycles. The highest BCUT2D eigenvalue weighted by molar-refractivity contribution is 5.85. The van der Waals surface area contributed by atoms with Crippen LogP contribution in [0, 0.1) is 13.8 Å². The van der Waals surface area contributed by atoms with Crippen molar-refractivity contribution in [2.24, 2.45) is 0 Å². The smallest absolute Gasteiger partial charge is 0.119 e. The second-order valence-corrected chi connectivity index (χ2v) is 10.4. The number of ether oxygens (including phenoxy) is 3. The highest BCUT2D eigenvalue weighted by Crippen LogP contribution is 2.30. The van der Waals surface area contributed by atoms with E-state index in [4.69, 9.17) is 14.2 Å². The van der Waals surface area contributed by atoms with Crippen molar-refractivity contribution >= 4 is 23.2 Å². The van der Waals surface area contributed by atoms with Crippen molar-refractivity contribution in [1.29, 1.82) is 0 Å². The monoisotopic (exact) mass is 545 g/mol. The molecule has 5 heteroatoms. The van der Waals surface area contributed by atoms with Crippen LogP contribution in [0.1, 0.15) is 46.6 Å². The summed E-state index contributed by atoms with van der Waals surface area (Å²) in [6, 6.07) is 30.2. The van der Waals surface area contributed by atoms with Crippen molar-refractivity contribution < 1.29 is 14.2 Å². The number of aryl methyl sites for hydroxylation is 2. The number of fused-ring (bicyclic) bond motifs is 1. The summed E-state index contributed by atoms with van der Waals surface area (Å²) in [6.07, 6.45) is 2.09. The molecule has 1 heterocycles. The maximum Gasteiger partial charge on any atom is 0.119 e. The van der Waals surface area contributed by atoms with Crippen molar-refractivity contribution in [3.05, 3.63) is 113 Å². The molecule has 1 saturated heterocycles. The highest BCUT2D eigenvalue weighted by atomic mass is 35.5. The molecule has 0 radical (unpaired) electrons. The molecule has 4 aromatic carbocycles. The molecule has 0 amide bonds. The standard InChI is InChI=1S/C34H39NO3.ClH/c1-25-8-9-26(2)31(20-25)24-36-18-5-19-37-32-14-12-29(13-15-32)33-16-17-35-22-34(33)38-23-27-10-11-28-6-3-4-7-30(28)21-27;/h3-4,6-15,20-21,33-35H,5,16-19,22-24H2,1-2H3;1H. The van der Waals surface area contributed by atoms with E-state index in [1.165, 1.54) is 38.6 Å². The summed E-state index contributed by atoms with van der Waals surface area (Å²) in [6.45, 7) is 8.76. The molecule has 1 N–H and O–H groups in total.